The Bertz CT molecular complexity index is 145. The van der Waals surface area contributed by atoms with Gasteiger partial charge in [-0.3, -0.25) is 0 Å². The van der Waals surface area contributed by atoms with Gasteiger partial charge < -0.3 is 5.32 Å². The average molecular weight is 181 g/mol. The van der Waals surface area contributed by atoms with E-state index in [1.807, 2.05) is 0 Å². The van der Waals surface area contributed by atoms with E-state index in [2.05, 4.69) is 12.2 Å². The third kappa shape index (κ3) is 2.46. The quantitative estimate of drug-likeness (QED) is 0.703. The standard InChI is InChI=1S/C12H23N/c1-2-13-12(11-8-9-11)10-6-4-3-5-7-10/h10-13H,2-9H2,1H3. The molecule has 0 spiro atoms. The molecule has 0 bridgehead atoms. The van der Waals surface area contributed by atoms with Crippen molar-refractivity contribution >= 4 is 0 Å². The molecular formula is C12H23N. The van der Waals surface area contributed by atoms with E-state index in [4.69, 9.17) is 0 Å². The maximum Gasteiger partial charge on any atom is 0.0123 e. The van der Waals surface area contributed by atoms with Gasteiger partial charge in [-0.15, -0.1) is 0 Å². The summed E-state index contributed by atoms with van der Waals surface area (Å²) in [5.74, 6) is 2.06. The Morgan fingerprint density at radius 3 is 2.15 bits per heavy atom. The van der Waals surface area contributed by atoms with Crippen LogP contribution in [0.5, 0.6) is 0 Å². The van der Waals surface area contributed by atoms with Crippen LogP contribution in [-0.4, -0.2) is 12.6 Å². The van der Waals surface area contributed by atoms with Gasteiger partial charge in [0.25, 0.3) is 0 Å². The molecule has 1 nitrogen and oxygen atoms in total. The molecule has 2 aliphatic rings. The summed E-state index contributed by atoms with van der Waals surface area (Å²) in [5, 5.41) is 3.71. The van der Waals surface area contributed by atoms with Crippen molar-refractivity contribution in [3.63, 3.8) is 0 Å². The molecule has 0 aromatic carbocycles. The van der Waals surface area contributed by atoms with E-state index in [1.54, 1.807) is 0 Å². The van der Waals surface area contributed by atoms with Gasteiger partial charge in [0.15, 0.2) is 0 Å². The highest BCUT2D eigenvalue weighted by molar-refractivity contribution is 4.91. The van der Waals surface area contributed by atoms with Crippen LogP contribution in [0.15, 0.2) is 0 Å². The predicted octanol–water partition coefficient (Wildman–Crippen LogP) is 2.95. The van der Waals surface area contributed by atoms with Crippen LogP contribution in [0.1, 0.15) is 51.9 Å². The van der Waals surface area contributed by atoms with Crippen LogP contribution in [0.3, 0.4) is 0 Å². The van der Waals surface area contributed by atoms with Gasteiger partial charge in [-0.2, -0.15) is 0 Å². The molecule has 2 fully saturated rings. The first-order valence-electron chi connectivity index (χ1n) is 6.15. The van der Waals surface area contributed by atoms with Crippen molar-refractivity contribution in [2.75, 3.05) is 6.54 Å². The lowest BCUT2D eigenvalue weighted by Crippen LogP contribution is -2.38. The summed E-state index contributed by atoms with van der Waals surface area (Å²) in [4.78, 5) is 0. The molecule has 0 amide bonds. The zero-order valence-electron chi connectivity index (χ0n) is 8.89. The lowest BCUT2D eigenvalue weighted by molar-refractivity contribution is 0.250. The second-order valence-corrected chi connectivity index (χ2v) is 4.82. The van der Waals surface area contributed by atoms with Gasteiger partial charge in [0.1, 0.15) is 0 Å². The molecule has 0 heterocycles. The summed E-state index contributed by atoms with van der Waals surface area (Å²) in [6, 6.07) is 0.880. The maximum absolute atomic E-state index is 3.71. The highest BCUT2D eigenvalue weighted by Crippen LogP contribution is 2.40. The Kier molecular flexibility index (Phi) is 3.26. The van der Waals surface area contributed by atoms with Crippen molar-refractivity contribution in [3.8, 4) is 0 Å². The highest BCUT2D eigenvalue weighted by Gasteiger charge is 2.35. The third-order valence-electron chi connectivity index (χ3n) is 3.73. The minimum Gasteiger partial charge on any atom is -0.314 e. The fraction of sp³-hybridized carbons (Fsp3) is 1.00. The van der Waals surface area contributed by atoms with Crippen LogP contribution in [-0.2, 0) is 0 Å². The Morgan fingerprint density at radius 1 is 1.00 bits per heavy atom. The van der Waals surface area contributed by atoms with Gasteiger partial charge in [0.05, 0.1) is 0 Å². The fourth-order valence-corrected chi connectivity index (χ4v) is 2.90. The van der Waals surface area contributed by atoms with Crippen LogP contribution in [0.4, 0.5) is 0 Å². The smallest absolute Gasteiger partial charge is 0.0123 e. The minimum atomic E-state index is 0.880. The van der Waals surface area contributed by atoms with Crippen LogP contribution < -0.4 is 5.32 Å². The van der Waals surface area contributed by atoms with Gasteiger partial charge >= 0.3 is 0 Å². The molecule has 0 aromatic rings. The van der Waals surface area contributed by atoms with Gasteiger partial charge in [-0.1, -0.05) is 26.2 Å². The van der Waals surface area contributed by atoms with Crippen molar-refractivity contribution in [2.45, 2.75) is 57.9 Å². The number of rotatable bonds is 4. The number of nitrogens with one attached hydrogen (secondary N) is 1. The number of hydrogen-bond donors (Lipinski definition) is 1. The van der Waals surface area contributed by atoms with Crippen LogP contribution in [0.25, 0.3) is 0 Å². The number of hydrogen-bond acceptors (Lipinski definition) is 1. The SMILES string of the molecule is CCNC(C1CCCCC1)C1CC1. The molecule has 1 unspecified atom stereocenters. The molecule has 2 aliphatic carbocycles. The van der Waals surface area contributed by atoms with E-state index in [-0.39, 0.29) is 0 Å². The molecule has 76 valence electrons. The Balaban J connectivity index is 1.84. The highest BCUT2D eigenvalue weighted by atomic mass is 14.9. The largest absolute Gasteiger partial charge is 0.314 e. The maximum atomic E-state index is 3.71. The van der Waals surface area contributed by atoms with Crippen molar-refractivity contribution < 1.29 is 0 Å². The van der Waals surface area contributed by atoms with Gasteiger partial charge in [-0.05, 0) is 44.1 Å². The predicted molar refractivity (Wildman–Crippen MR) is 56.8 cm³/mol. The third-order valence-corrected chi connectivity index (χ3v) is 3.73. The molecule has 0 aliphatic heterocycles. The van der Waals surface area contributed by atoms with Crippen molar-refractivity contribution in [3.05, 3.63) is 0 Å². The van der Waals surface area contributed by atoms with Crippen LogP contribution in [0.2, 0.25) is 0 Å². The molecule has 2 rings (SSSR count). The van der Waals surface area contributed by atoms with E-state index in [0.29, 0.717) is 0 Å². The lowest BCUT2D eigenvalue weighted by Gasteiger charge is -2.31. The second-order valence-electron chi connectivity index (χ2n) is 4.82. The molecular weight excluding hydrogens is 158 g/mol. The van der Waals surface area contributed by atoms with E-state index < -0.39 is 0 Å². The summed E-state index contributed by atoms with van der Waals surface area (Å²) in [6.45, 7) is 3.41. The fourth-order valence-electron chi connectivity index (χ4n) is 2.90. The van der Waals surface area contributed by atoms with E-state index in [1.165, 1.54) is 44.9 Å². The summed E-state index contributed by atoms with van der Waals surface area (Å²) in [7, 11) is 0. The van der Waals surface area contributed by atoms with E-state index >= 15 is 0 Å². The molecule has 0 radical (unpaired) electrons. The second kappa shape index (κ2) is 4.45. The normalized spacial score (nSPS) is 27.5. The summed E-state index contributed by atoms with van der Waals surface area (Å²) in [5.41, 5.74) is 0. The Hall–Kier alpha value is -0.0400. The molecule has 1 heteroatoms. The van der Waals surface area contributed by atoms with Gasteiger partial charge in [0.2, 0.25) is 0 Å². The van der Waals surface area contributed by atoms with Crippen molar-refractivity contribution in [1.82, 2.24) is 5.32 Å². The average Bonchev–Trinajstić information content (AvgIpc) is 2.99. The first-order chi connectivity index (χ1) is 6.42. The molecule has 1 N–H and O–H groups in total. The van der Waals surface area contributed by atoms with E-state index in [0.717, 1.165) is 24.4 Å². The molecule has 1 atom stereocenters. The Morgan fingerprint density at radius 2 is 1.62 bits per heavy atom. The first-order valence-corrected chi connectivity index (χ1v) is 6.15. The van der Waals surface area contributed by atoms with Crippen LogP contribution in [0, 0.1) is 11.8 Å². The van der Waals surface area contributed by atoms with Gasteiger partial charge in [-0.25, -0.2) is 0 Å². The zero-order valence-corrected chi connectivity index (χ0v) is 8.89. The van der Waals surface area contributed by atoms with Crippen molar-refractivity contribution in [1.29, 1.82) is 0 Å². The first kappa shape index (κ1) is 9.51. The van der Waals surface area contributed by atoms with Crippen LogP contribution >= 0.6 is 0 Å². The molecule has 13 heavy (non-hydrogen) atoms. The monoisotopic (exact) mass is 181 g/mol. The minimum absolute atomic E-state index is 0.880. The van der Waals surface area contributed by atoms with E-state index in [9.17, 15) is 0 Å². The summed E-state index contributed by atoms with van der Waals surface area (Å²) < 4.78 is 0. The summed E-state index contributed by atoms with van der Waals surface area (Å²) in [6.07, 6.45) is 10.4. The summed E-state index contributed by atoms with van der Waals surface area (Å²) >= 11 is 0. The van der Waals surface area contributed by atoms with Crippen molar-refractivity contribution in [2.24, 2.45) is 11.8 Å². The van der Waals surface area contributed by atoms with Gasteiger partial charge in [0, 0.05) is 6.04 Å². The Labute approximate surface area is 82.3 Å². The topological polar surface area (TPSA) is 12.0 Å². The molecule has 0 aromatic heterocycles. The molecule has 0 saturated heterocycles. The zero-order chi connectivity index (χ0) is 9.10. The molecule has 2 saturated carbocycles. The lowest BCUT2D eigenvalue weighted by atomic mass is 9.82.